The Balaban J connectivity index is 2.60. The molecule has 1 heterocycles. The minimum Gasteiger partial charge on any atom is -0.399 e. The normalized spacial score (nSPS) is 14.2. The van der Waals surface area contributed by atoms with Crippen LogP contribution in [-0.2, 0) is 6.42 Å². The molecule has 0 bridgehead atoms. The molecule has 58 valence electrons. The fourth-order valence-corrected chi connectivity index (χ4v) is 1.49. The molecule has 0 radical (unpaired) electrons. The van der Waals surface area contributed by atoms with Crippen LogP contribution in [0.25, 0.3) is 0 Å². The van der Waals surface area contributed by atoms with Crippen molar-refractivity contribution >= 4 is 17.1 Å². The Bertz CT molecular complexity index is 294. The van der Waals surface area contributed by atoms with Crippen LogP contribution in [0.1, 0.15) is 5.56 Å². The highest BCUT2D eigenvalue weighted by atomic mass is 14.9. The molecule has 0 spiro atoms. The van der Waals surface area contributed by atoms with Gasteiger partial charge in [0, 0.05) is 12.2 Å². The molecule has 0 aliphatic carbocycles. The van der Waals surface area contributed by atoms with Gasteiger partial charge in [-0.05, 0) is 24.1 Å². The van der Waals surface area contributed by atoms with Crippen LogP contribution in [0.15, 0.2) is 12.1 Å². The van der Waals surface area contributed by atoms with E-state index in [-0.39, 0.29) is 0 Å². The molecule has 1 aromatic carbocycles. The van der Waals surface area contributed by atoms with Gasteiger partial charge in [0.1, 0.15) is 0 Å². The predicted octanol–water partition coefficient (Wildman–Crippen LogP) is 0.819. The molecule has 5 N–H and O–H groups in total. The van der Waals surface area contributed by atoms with Crippen LogP contribution in [-0.4, -0.2) is 6.54 Å². The Morgan fingerprint density at radius 1 is 1.27 bits per heavy atom. The van der Waals surface area contributed by atoms with Gasteiger partial charge in [-0.2, -0.15) is 0 Å². The topological polar surface area (TPSA) is 64.1 Å². The van der Waals surface area contributed by atoms with Gasteiger partial charge in [0.25, 0.3) is 0 Å². The number of benzene rings is 1. The van der Waals surface area contributed by atoms with Crippen molar-refractivity contribution in [2.45, 2.75) is 6.42 Å². The maximum Gasteiger partial charge on any atom is 0.0608 e. The van der Waals surface area contributed by atoms with Crippen molar-refractivity contribution in [3.8, 4) is 0 Å². The number of nitrogens with two attached hydrogens (primary N) is 2. The van der Waals surface area contributed by atoms with Crippen molar-refractivity contribution in [3.63, 3.8) is 0 Å². The molecule has 3 heteroatoms. The first-order valence-electron chi connectivity index (χ1n) is 3.69. The zero-order valence-corrected chi connectivity index (χ0v) is 6.22. The molecular weight excluding hydrogens is 138 g/mol. The summed E-state index contributed by atoms with van der Waals surface area (Å²) in [5.74, 6) is 0. The molecule has 1 aromatic rings. The molecule has 0 saturated heterocycles. The Hall–Kier alpha value is -1.38. The Kier molecular flexibility index (Phi) is 1.18. The van der Waals surface area contributed by atoms with E-state index < -0.39 is 0 Å². The predicted molar refractivity (Wildman–Crippen MR) is 47.5 cm³/mol. The van der Waals surface area contributed by atoms with Gasteiger partial charge >= 0.3 is 0 Å². The summed E-state index contributed by atoms with van der Waals surface area (Å²) >= 11 is 0. The highest BCUT2D eigenvalue weighted by Crippen LogP contribution is 2.30. The van der Waals surface area contributed by atoms with Crippen LogP contribution in [0.2, 0.25) is 0 Å². The monoisotopic (exact) mass is 149 g/mol. The average molecular weight is 149 g/mol. The van der Waals surface area contributed by atoms with Crippen LogP contribution in [0.4, 0.5) is 17.1 Å². The highest BCUT2D eigenvalue weighted by Gasteiger charge is 2.12. The number of nitrogen functional groups attached to an aromatic ring is 2. The van der Waals surface area contributed by atoms with Gasteiger partial charge < -0.3 is 16.8 Å². The van der Waals surface area contributed by atoms with Gasteiger partial charge in [0.15, 0.2) is 0 Å². The zero-order valence-electron chi connectivity index (χ0n) is 6.22. The largest absolute Gasteiger partial charge is 0.399 e. The summed E-state index contributed by atoms with van der Waals surface area (Å²) in [7, 11) is 0. The van der Waals surface area contributed by atoms with Gasteiger partial charge in [-0.25, -0.2) is 0 Å². The third kappa shape index (κ3) is 0.888. The van der Waals surface area contributed by atoms with E-state index in [9.17, 15) is 0 Å². The van der Waals surface area contributed by atoms with E-state index in [2.05, 4.69) is 5.32 Å². The van der Waals surface area contributed by atoms with Gasteiger partial charge in [-0.15, -0.1) is 0 Å². The molecule has 0 amide bonds. The molecule has 2 rings (SSSR count). The first kappa shape index (κ1) is 6.34. The zero-order chi connectivity index (χ0) is 7.84. The minimum absolute atomic E-state index is 0.755. The molecule has 0 unspecified atom stereocenters. The van der Waals surface area contributed by atoms with Crippen LogP contribution >= 0.6 is 0 Å². The third-order valence-corrected chi connectivity index (χ3v) is 1.97. The van der Waals surface area contributed by atoms with Gasteiger partial charge in [0.05, 0.1) is 11.4 Å². The minimum atomic E-state index is 0.755. The van der Waals surface area contributed by atoms with Gasteiger partial charge in [0.2, 0.25) is 0 Å². The van der Waals surface area contributed by atoms with E-state index in [0.29, 0.717) is 0 Å². The van der Waals surface area contributed by atoms with Gasteiger partial charge in [-0.3, -0.25) is 0 Å². The summed E-state index contributed by atoms with van der Waals surface area (Å²) in [6.07, 6.45) is 1.03. The average Bonchev–Trinajstić information content (AvgIpc) is 2.34. The Morgan fingerprint density at radius 3 is 2.91 bits per heavy atom. The molecule has 3 nitrogen and oxygen atoms in total. The summed E-state index contributed by atoms with van der Waals surface area (Å²) in [6, 6.07) is 3.77. The second-order valence-electron chi connectivity index (χ2n) is 2.82. The molecule has 1 aliphatic heterocycles. The third-order valence-electron chi connectivity index (χ3n) is 1.97. The summed E-state index contributed by atoms with van der Waals surface area (Å²) in [5.41, 5.74) is 15.2. The first-order chi connectivity index (χ1) is 5.27. The number of rotatable bonds is 0. The molecular formula is C8H11N3. The lowest BCUT2D eigenvalue weighted by Crippen LogP contribution is -1.96. The fraction of sp³-hybridized carbons (Fsp3) is 0.250. The molecule has 0 saturated carbocycles. The van der Waals surface area contributed by atoms with E-state index in [4.69, 9.17) is 11.5 Å². The van der Waals surface area contributed by atoms with Crippen molar-refractivity contribution in [2.75, 3.05) is 23.3 Å². The van der Waals surface area contributed by atoms with Crippen molar-refractivity contribution in [3.05, 3.63) is 17.7 Å². The number of hydrogen-bond acceptors (Lipinski definition) is 3. The summed E-state index contributed by atoms with van der Waals surface area (Å²) in [5, 5.41) is 3.22. The molecule has 0 atom stereocenters. The molecule has 0 aromatic heterocycles. The quantitative estimate of drug-likeness (QED) is 0.478. The second-order valence-corrected chi connectivity index (χ2v) is 2.82. The lowest BCUT2D eigenvalue weighted by Gasteiger charge is -2.04. The first-order valence-corrected chi connectivity index (χ1v) is 3.69. The lowest BCUT2D eigenvalue weighted by atomic mass is 10.1. The van der Waals surface area contributed by atoms with E-state index in [1.807, 2.05) is 6.07 Å². The van der Waals surface area contributed by atoms with Crippen LogP contribution in [0.5, 0.6) is 0 Å². The second kappa shape index (κ2) is 2.05. The lowest BCUT2D eigenvalue weighted by molar-refractivity contribution is 1.11. The Labute approximate surface area is 65.4 Å². The van der Waals surface area contributed by atoms with Crippen molar-refractivity contribution in [1.82, 2.24) is 0 Å². The SMILES string of the molecule is Nc1cc(N)c2c(c1)CCN2. The van der Waals surface area contributed by atoms with Crippen molar-refractivity contribution in [1.29, 1.82) is 0 Å². The molecule has 11 heavy (non-hydrogen) atoms. The molecule has 1 aliphatic rings. The van der Waals surface area contributed by atoms with E-state index >= 15 is 0 Å². The standard InChI is InChI=1S/C8H11N3/c9-6-3-5-1-2-11-8(5)7(10)4-6/h3-4,11H,1-2,9-10H2. The Morgan fingerprint density at radius 2 is 2.09 bits per heavy atom. The summed E-state index contributed by atoms with van der Waals surface area (Å²) in [6.45, 7) is 0.975. The number of hydrogen-bond donors (Lipinski definition) is 3. The van der Waals surface area contributed by atoms with E-state index in [1.165, 1.54) is 5.56 Å². The number of anilines is 3. The number of fused-ring (bicyclic) bond motifs is 1. The fourth-order valence-electron chi connectivity index (χ4n) is 1.49. The van der Waals surface area contributed by atoms with Crippen LogP contribution < -0.4 is 16.8 Å². The van der Waals surface area contributed by atoms with Gasteiger partial charge in [-0.1, -0.05) is 0 Å². The summed E-state index contributed by atoms with van der Waals surface area (Å²) in [4.78, 5) is 0. The van der Waals surface area contributed by atoms with Crippen molar-refractivity contribution in [2.24, 2.45) is 0 Å². The summed E-state index contributed by atoms with van der Waals surface area (Å²) < 4.78 is 0. The highest BCUT2D eigenvalue weighted by molar-refractivity contribution is 5.76. The number of nitrogens with one attached hydrogen (secondary N) is 1. The maximum absolute atomic E-state index is 5.73. The van der Waals surface area contributed by atoms with Crippen LogP contribution in [0, 0.1) is 0 Å². The van der Waals surface area contributed by atoms with E-state index in [0.717, 1.165) is 30.0 Å². The smallest absolute Gasteiger partial charge is 0.0608 e. The van der Waals surface area contributed by atoms with E-state index in [1.54, 1.807) is 6.07 Å². The maximum atomic E-state index is 5.73. The van der Waals surface area contributed by atoms with Crippen LogP contribution in [0.3, 0.4) is 0 Å². The van der Waals surface area contributed by atoms with Crippen molar-refractivity contribution < 1.29 is 0 Å². The molecule has 0 fully saturated rings.